The molecule has 0 aliphatic carbocycles. The minimum Gasteiger partial charge on any atom is -0.508 e. The van der Waals surface area contributed by atoms with E-state index >= 15 is 0 Å². The maximum atomic E-state index is 11.7. The summed E-state index contributed by atoms with van der Waals surface area (Å²) in [7, 11) is 0. The van der Waals surface area contributed by atoms with E-state index in [1.165, 1.54) is 0 Å². The van der Waals surface area contributed by atoms with Gasteiger partial charge >= 0.3 is 6.09 Å². The van der Waals surface area contributed by atoms with Gasteiger partial charge in [0.05, 0.1) is 6.04 Å². The summed E-state index contributed by atoms with van der Waals surface area (Å²) in [6, 6.07) is 4.49. The number of alkyl carbamates (subject to hydrolysis) is 1. The summed E-state index contributed by atoms with van der Waals surface area (Å²) in [6.45, 7) is 5.48. The lowest BCUT2D eigenvalue weighted by molar-refractivity contribution is 0.0504. The van der Waals surface area contributed by atoms with Crippen LogP contribution in [0, 0.1) is 0 Å². The van der Waals surface area contributed by atoms with Crippen LogP contribution in [0.3, 0.4) is 0 Å². The van der Waals surface area contributed by atoms with E-state index in [0.717, 1.165) is 0 Å². The summed E-state index contributed by atoms with van der Waals surface area (Å²) < 4.78 is 5.85. The van der Waals surface area contributed by atoms with Gasteiger partial charge in [0.15, 0.2) is 0 Å². The minimum absolute atomic E-state index is 0.0703. The van der Waals surface area contributed by atoms with Crippen LogP contribution < -0.4 is 11.1 Å². The number of nitrogens with two attached hydrogens (primary N) is 1. The Morgan fingerprint density at radius 2 is 2.16 bits per heavy atom. The number of aromatic hydroxyl groups is 1. The number of benzene rings is 1. The van der Waals surface area contributed by atoms with Gasteiger partial charge in [-0.3, -0.25) is 0 Å². The third-order valence-electron chi connectivity index (χ3n) is 2.31. The first-order valence-corrected chi connectivity index (χ1v) is 6.71. The average Bonchev–Trinajstić information content (AvgIpc) is 2.24. The number of phenols is 1. The lowest BCUT2D eigenvalue weighted by Crippen LogP contribution is -2.37. The van der Waals surface area contributed by atoms with E-state index in [1.807, 2.05) is 0 Å². The molecule has 1 atom stereocenters. The molecule has 1 aromatic carbocycles. The molecule has 0 aromatic heterocycles. The molecule has 4 N–H and O–H groups in total. The highest BCUT2D eigenvalue weighted by atomic mass is 79.9. The van der Waals surface area contributed by atoms with Gasteiger partial charge in [-0.05, 0) is 32.9 Å². The summed E-state index contributed by atoms with van der Waals surface area (Å²) in [5.41, 5.74) is 5.61. The molecule has 0 saturated heterocycles. The van der Waals surface area contributed by atoms with Crippen molar-refractivity contribution in [3.63, 3.8) is 0 Å². The molecule has 0 fully saturated rings. The SMILES string of the molecule is CC(C)(C)OC(=O)NC(CN)c1c(O)cccc1Br. The number of hydrogen-bond donors (Lipinski definition) is 3. The van der Waals surface area contributed by atoms with Crippen LogP contribution in [-0.4, -0.2) is 23.3 Å². The van der Waals surface area contributed by atoms with Gasteiger partial charge in [0.1, 0.15) is 11.4 Å². The number of phenolic OH excluding ortho intramolecular Hbond substituents is 1. The summed E-state index contributed by atoms with van der Waals surface area (Å²) in [4.78, 5) is 11.7. The van der Waals surface area contributed by atoms with E-state index in [4.69, 9.17) is 10.5 Å². The van der Waals surface area contributed by atoms with Gasteiger partial charge in [-0.2, -0.15) is 0 Å². The van der Waals surface area contributed by atoms with Crippen molar-refractivity contribution in [2.24, 2.45) is 5.73 Å². The second-order valence-electron chi connectivity index (χ2n) is 5.11. The van der Waals surface area contributed by atoms with Gasteiger partial charge < -0.3 is 20.9 Å². The Labute approximate surface area is 121 Å². The van der Waals surface area contributed by atoms with Crippen LogP contribution in [0.1, 0.15) is 32.4 Å². The van der Waals surface area contributed by atoms with Crippen LogP contribution in [0.5, 0.6) is 5.75 Å². The molecule has 6 heteroatoms. The number of rotatable bonds is 3. The molecule has 0 bridgehead atoms. The predicted octanol–water partition coefficient (Wildman–Crippen LogP) is 2.68. The first-order chi connectivity index (χ1) is 8.74. The highest BCUT2D eigenvalue weighted by Gasteiger charge is 2.22. The van der Waals surface area contributed by atoms with Crippen LogP contribution in [0.4, 0.5) is 4.79 Å². The van der Waals surface area contributed by atoms with Crippen LogP contribution in [0.2, 0.25) is 0 Å². The van der Waals surface area contributed by atoms with Crippen molar-refractivity contribution in [2.45, 2.75) is 32.4 Å². The number of carbonyl (C=O) groups is 1. The van der Waals surface area contributed by atoms with Gasteiger partial charge in [0.25, 0.3) is 0 Å². The Kier molecular flexibility index (Phi) is 5.20. The molecule has 1 amide bonds. The molecular formula is C13H19BrN2O3. The summed E-state index contributed by atoms with van der Waals surface area (Å²) >= 11 is 3.33. The van der Waals surface area contributed by atoms with Crippen LogP contribution in [0.15, 0.2) is 22.7 Å². The first kappa shape index (κ1) is 15.8. The topological polar surface area (TPSA) is 84.6 Å². The van der Waals surface area contributed by atoms with E-state index in [-0.39, 0.29) is 12.3 Å². The zero-order valence-corrected chi connectivity index (χ0v) is 12.8. The Morgan fingerprint density at radius 3 is 2.63 bits per heavy atom. The van der Waals surface area contributed by atoms with Crippen molar-refractivity contribution in [3.8, 4) is 5.75 Å². The lowest BCUT2D eigenvalue weighted by atomic mass is 10.1. The zero-order chi connectivity index (χ0) is 14.6. The molecule has 0 heterocycles. The van der Waals surface area contributed by atoms with E-state index in [9.17, 15) is 9.90 Å². The Balaban J connectivity index is 2.87. The Hall–Kier alpha value is -1.27. The number of carbonyl (C=O) groups excluding carboxylic acids is 1. The molecule has 0 saturated carbocycles. The van der Waals surface area contributed by atoms with Crippen molar-refractivity contribution < 1.29 is 14.6 Å². The largest absolute Gasteiger partial charge is 0.508 e. The highest BCUT2D eigenvalue weighted by Crippen LogP contribution is 2.31. The smallest absolute Gasteiger partial charge is 0.408 e. The van der Waals surface area contributed by atoms with Gasteiger partial charge in [0.2, 0.25) is 0 Å². The van der Waals surface area contributed by atoms with E-state index in [2.05, 4.69) is 21.2 Å². The van der Waals surface area contributed by atoms with Crippen molar-refractivity contribution in [3.05, 3.63) is 28.2 Å². The first-order valence-electron chi connectivity index (χ1n) is 5.91. The van der Waals surface area contributed by atoms with Gasteiger partial charge in [-0.1, -0.05) is 22.0 Å². The quantitative estimate of drug-likeness (QED) is 0.795. The van der Waals surface area contributed by atoms with E-state index in [0.29, 0.717) is 10.0 Å². The number of hydrogen-bond acceptors (Lipinski definition) is 4. The third kappa shape index (κ3) is 4.72. The van der Waals surface area contributed by atoms with Crippen molar-refractivity contribution in [2.75, 3.05) is 6.54 Å². The maximum Gasteiger partial charge on any atom is 0.408 e. The monoisotopic (exact) mass is 330 g/mol. The van der Waals surface area contributed by atoms with Gasteiger partial charge in [-0.15, -0.1) is 0 Å². The minimum atomic E-state index is -0.584. The summed E-state index contributed by atoms with van der Waals surface area (Å²) in [6.07, 6.45) is -0.571. The molecule has 1 rings (SSSR count). The molecule has 0 radical (unpaired) electrons. The van der Waals surface area contributed by atoms with Crippen molar-refractivity contribution in [1.29, 1.82) is 0 Å². The number of nitrogens with one attached hydrogen (secondary N) is 1. The second kappa shape index (κ2) is 6.25. The molecule has 1 unspecified atom stereocenters. The fourth-order valence-corrected chi connectivity index (χ4v) is 2.20. The number of ether oxygens (including phenoxy) is 1. The third-order valence-corrected chi connectivity index (χ3v) is 3.00. The Bertz CT molecular complexity index is 437. The second-order valence-corrected chi connectivity index (χ2v) is 5.96. The zero-order valence-electron chi connectivity index (χ0n) is 11.2. The van der Waals surface area contributed by atoms with Gasteiger partial charge in [0, 0.05) is 16.6 Å². The molecule has 106 valence electrons. The molecular weight excluding hydrogens is 312 g/mol. The normalized spacial score (nSPS) is 12.9. The maximum absolute atomic E-state index is 11.7. The van der Waals surface area contributed by atoms with Crippen molar-refractivity contribution in [1.82, 2.24) is 5.32 Å². The van der Waals surface area contributed by atoms with Crippen LogP contribution >= 0.6 is 15.9 Å². The van der Waals surface area contributed by atoms with Crippen LogP contribution in [0.25, 0.3) is 0 Å². The predicted molar refractivity (Wildman–Crippen MR) is 77.0 cm³/mol. The number of halogens is 1. The number of amides is 1. The van der Waals surface area contributed by atoms with E-state index < -0.39 is 17.7 Å². The standard InChI is InChI=1S/C13H19BrN2O3/c1-13(2,3)19-12(18)16-9(7-15)11-8(14)5-4-6-10(11)17/h4-6,9,17H,7,15H2,1-3H3,(H,16,18). The van der Waals surface area contributed by atoms with Gasteiger partial charge in [-0.25, -0.2) is 4.79 Å². The molecule has 0 spiro atoms. The van der Waals surface area contributed by atoms with Crippen molar-refractivity contribution >= 4 is 22.0 Å². The molecule has 1 aromatic rings. The lowest BCUT2D eigenvalue weighted by Gasteiger charge is -2.24. The molecule has 0 aliphatic heterocycles. The fraction of sp³-hybridized carbons (Fsp3) is 0.462. The summed E-state index contributed by atoms with van der Waals surface area (Å²) in [5.74, 6) is 0.0703. The molecule has 19 heavy (non-hydrogen) atoms. The Morgan fingerprint density at radius 1 is 1.53 bits per heavy atom. The highest BCUT2D eigenvalue weighted by molar-refractivity contribution is 9.10. The summed E-state index contributed by atoms with van der Waals surface area (Å²) in [5, 5.41) is 12.5. The fourth-order valence-electron chi connectivity index (χ4n) is 1.57. The van der Waals surface area contributed by atoms with E-state index in [1.54, 1.807) is 39.0 Å². The molecule has 5 nitrogen and oxygen atoms in total. The average molecular weight is 331 g/mol. The van der Waals surface area contributed by atoms with Crippen LogP contribution in [-0.2, 0) is 4.74 Å². The molecule has 0 aliphatic rings.